The lowest BCUT2D eigenvalue weighted by Gasteiger charge is -2.25. The Morgan fingerprint density at radius 2 is 2.11 bits per heavy atom. The Bertz CT molecular complexity index is 321. The maximum Gasteiger partial charge on any atom is 0.138 e. The van der Waals surface area contributed by atoms with Crippen LogP contribution >= 0.6 is 0 Å². The topological polar surface area (TPSA) is 42.7 Å². The van der Waals surface area contributed by atoms with E-state index in [9.17, 15) is 0 Å². The monoisotopic (exact) mass is 252 g/mol. The van der Waals surface area contributed by atoms with Gasteiger partial charge in [-0.05, 0) is 26.3 Å². The molecule has 2 atom stereocenters. The number of unbranched alkanes of at least 4 members (excludes halogenated alkanes) is 1. The molecule has 1 aromatic heterocycles. The first-order valence-electron chi connectivity index (χ1n) is 7.30. The Morgan fingerprint density at radius 1 is 1.33 bits per heavy atom. The van der Waals surface area contributed by atoms with Gasteiger partial charge in [-0.2, -0.15) is 5.10 Å². The van der Waals surface area contributed by atoms with Gasteiger partial charge in [0, 0.05) is 19.0 Å². The van der Waals surface area contributed by atoms with Gasteiger partial charge in [-0.15, -0.1) is 0 Å². The molecule has 0 aromatic carbocycles. The van der Waals surface area contributed by atoms with Crippen molar-refractivity contribution in [3.05, 3.63) is 12.2 Å². The summed E-state index contributed by atoms with van der Waals surface area (Å²) < 4.78 is 2.00. The molecule has 1 N–H and O–H groups in total. The molecule has 0 bridgehead atoms. The summed E-state index contributed by atoms with van der Waals surface area (Å²) in [5, 5.41) is 7.72. The van der Waals surface area contributed by atoms with E-state index in [1.54, 1.807) is 6.33 Å². The van der Waals surface area contributed by atoms with E-state index in [2.05, 4.69) is 43.2 Å². The fourth-order valence-corrected chi connectivity index (χ4v) is 2.57. The lowest BCUT2D eigenvalue weighted by atomic mass is 9.89. The normalized spacial score (nSPS) is 14.7. The summed E-state index contributed by atoms with van der Waals surface area (Å²) in [5.41, 5.74) is 0. The van der Waals surface area contributed by atoms with Crippen molar-refractivity contribution in [1.29, 1.82) is 0 Å². The number of aromatic nitrogens is 3. The smallest absolute Gasteiger partial charge is 0.138 e. The molecule has 0 aliphatic heterocycles. The predicted octanol–water partition coefficient (Wildman–Crippen LogP) is 2.64. The number of hydrogen-bond acceptors (Lipinski definition) is 3. The number of nitrogens with zero attached hydrogens (tertiary/aromatic N) is 3. The van der Waals surface area contributed by atoms with E-state index in [1.165, 1.54) is 25.7 Å². The first-order chi connectivity index (χ1) is 8.76. The molecule has 4 nitrogen and oxygen atoms in total. The van der Waals surface area contributed by atoms with E-state index in [0.29, 0.717) is 6.04 Å². The number of hydrogen-bond donors (Lipinski definition) is 1. The van der Waals surface area contributed by atoms with Crippen LogP contribution in [0.5, 0.6) is 0 Å². The molecule has 0 aliphatic carbocycles. The second-order valence-corrected chi connectivity index (χ2v) is 4.90. The molecule has 2 unspecified atom stereocenters. The van der Waals surface area contributed by atoms with Gasteiger partial charge >= 0.3 is 0 Å². The summed E-state index contributed by atoms with van der Waals surface area (Å²) in [5.74, 6) is 1.84. The third-order valence-corrected chi connectivity index (χ3v) is 3.79. The van der Waals surface area contributed by atoms with Crippen molar-refractivity contribution in [2.24, 2.45) is 5.92 Å². The van der Waals surface area contributed by atoms with Gasteiger partial charge in [-0.1, -0.05) is 33.1 Å². The maximum absolute atomic E-state index is 4.38. The summed E-state index contributed by atoms with van der Waals surface area (Å²) in [7, 11) is 2.06. The minimum atomic E-state index is 0.510. The molecule has 1 aromatic rings. The van der Waals surface area contributed by atoms with Crippen LogP contribution in [0.25, 0.3) is 0 Å². The number of rotatable bonds is 9. The van der Waals surface area contributed by atoms with Crippen molar-refractivity contribution in [2.45, 2.75) is 65.5 Å². The first-order valence-corrected chi connectivity index (χ1v) is 7.30. The molecule has 0 amide bonds. The standard InChI is InChI=1S/C14H28N4/c1-5-8-9-12(6-2)13(15-4)10-14-16-11-17-18(14)7-3/h11-13,15H,5-10H2,1-4H3. The summed E-state index contributed by atoms with van der Waals surface area (Å²) in [6.07, 6.45) is 7.77. The molecule has 0 radical (unpaired) electrons. The van der Waals surface area contributed by atoms with E-state index in [1.807, 2.05) is 4.68 Å². The zero-order chi connectivity index (χ0) is 13.4. The maximum atomic E-state index is 4.38. The van der Waals surface area contributed by atoms with E-state index in [0.717, 1.165) is 24.7 Å². The minimum Gasteiger partial charge on any atom is -0.316 e. The van der Waals surface area contributed by atoms with Crippen LogP contribution in [0.2, 0.25) is 0 Å². The molecule has 0 fully saturated rings. The van der Waals surface area contributed by atoms with Gasteiger partial charge < -0.3 is 5.32 Å². The lowest BCUT2D eigenvalue weighted by Crippen LogP contribution is -2.36. The molecule has 18 heavy (non-hydrogen) atoms. The Labute approximate surface area is 111 Å². The highest BCUT2D eigenvalue weighted by Gasteiger charge is 2.20. The van der Waals surface area contributed by atoms with Crippen LogP contribution in [0.4, 0.5) is 0 Å². The van der Waals surface area contributed by atoms with Gasteiger partial charge in [0.05, 0.1) is 0 Å². The van der Waals surface area contributed by atoms with Gasteiger partial charge in [0.15, 0.2) is 0 Å². The second-order valence-electron chi connectivity index (χ2n) is 4.90. The average molecular weight is 252 g/mol. The summed E-state index contributed by atoms with van der Waals surface area (Å²) in [4.78, 5) is 4.38. The SMILES string of the molecule is CCCCC(CC)C(Cc1ncnn1CC)NC. The Hall–Kier alpha value is -0.900. The zero-order valence-electron chi connectivity index (χ0n) is 12.3. The van der Waals surface area contributed by atoms with E-state index < -0.39 is 0 Å². The van der Waals surface area contributed by atoms with Crippen molar-refractivity contribution in [1.82, 2.24) is 20.1 Å². The van der Waals surface area contributed by atoms with Crippen molar-refractivity contribution < 1.29 is 0 Å². The number of aryl methyl sites for hydroxylation is 1. The Kier molecular flexibility index (Phi) is 6.94. The molecule has 4 heteroatoms. The summed E-state index contributed by atoms with van der Waals surface area (Å²) >= 11 is 0. The molecule has 0 saturated carbocycles. The molecule has 0 spiro atoms. The fourth-order valence-electron chi connectivity index (χ4n) is 2.57. The van der Waals surface area contributed by atoms with Crippen LogP contribution in [-0.4, -0.2) is 27.9 Å². The van der Waals surface area contributed by atoms with E-state index in [4.69, 9.17) is 0 Å². The number of nitrogens with one attached hydrogen (secondary N) is 1. The predicted molar refractivity (Wildman–Crippen MR) is 75.6 cm³/mol. The van der Waals surface area contributed by atoms with E-state index >= 15 is 0 Å². The highest BCUT2D eigenvalue weighted by Crippen LogP contribution is 2.19. The van der Waals surface area contributed by atoms with Crippen LogP contribution in [0.1, 0.15) is 52.3 Å². The third-order valence-electron chi connectivity index (χ3n) is 3.79. The highest BCUT2D eigenvalue weighted by molar-refractivity contribution is 4.91. The van der Waals surface area contributed by atoms with Gasteiger partial charge in [-0.25, -0.2) is 4.98 Å². The molecule has 0 aliphatic rings. The molecule has 0 saturated heterocycles. The van der Waals surface area contributed by atoms with Gasteiger partial charge in [0.2, 0.25) is 0 Å². The fraction of sp³-hybridized carbons (Fsp3) is 0.857. The van der Waals surface area contributed by atoms with Crippen LogP contribution < -0.4 is 5.32 Å². The van der Waals surface area contributed by atoms with Crippen molar-refractivity contribution in [3.8, 4) is 0 Å². The molecule has 1 heterocycles. The number of likely N-dealkylation sites (N-methyl/N-ethyl adjacent to an activating group) is 1. The quantitative estimate of drug-likeness (QED) is 0.734. The zero-order valence-corrected chi connectivity index (χ0v) is 12.3. The Balaban J connectivity index is 2.64. The summed E-state index contributed by atoms with van der Waals surface area (Å²) in [6, 6.07) is 0.510. The summed E-state index contributed by atoms with van der Waals surface area (Å²) in [6.45, 7) is 7.56. The molecule has 104 valence electrons. The van der Waals surface area contributed by atoms with Gasteiger partial charge in [0.25, 0.3) is 0 Å². The van der Waals surface area contributed by atoms with Gasteiger partial charge in [0.1, 0.15) is 12.2 Å². The van der Waals surface area contributed by atoms with Crippen molar-refractivity contribution >= 4 is 0 Å². The highest BCUT2D eigenvalue weighted by atomic mass is 15.3. The minimum absolute atomic E-state index is 0.510. The Morgan fingerprint density at radius 3 is 2.67 bits per heavy atom. The second kappa shape index (κ2) is 8.25. The van der Waals surface area contributed by atoms with Crippen LogP contribution in [-0.2, 0) is 13.0 Å². The van der Waals surface area contributed by atoms with Crippen molar-refractivity contribution in [3.63, 3.8) is 0 Å². The average Bonchev–Trinajstić information content (AvgIpc) is 2.85. The molecular weight excluding hydrogens is 224 g/mol. The molecular formula is C14H28N4. The van der Waals surface area contributed by atoms with Crippen LogP contribution in [0.15, 0.2) is 6.33 Å². The van der Waals surface area contributed by atoms with Crippen molar-refractivity contribution in [2.75, 3.05) is 7.05 Å². The lowest BCUT2D eigenvalue weighted by molar-refractivity contribution is 0.323. The molecule has 1 rings (SSSR count). The van der Waals surface area contributed by atoms with Gasteiger partial charge in [-0.3, -0.25) is 4.68 Å². The van der Waals surface area contributed by atoms with Crippen LogP contribution in [0.3, 0.4) is 0 Å². The van der Waals surface area contributed by atoms with Crippen LogP contribution in [0, 0.1) is 5.92 Å². The first kappa shape index (κ1) is 15.2. The third kappa shape index (κ3) is 4.09. The van der Waals surface area contributed by atoms with E-state index in [-0.39, 0.29) is 0 Å². The largest absolute Gasteiger partial charge is 0.316 e.